The molecular formula is C7H8BrClN2. The van der Waals surface area contributed by atoms with Crippen molar-refractivity contribution in [3.63, 3.8) is 0 Å². The van der Waals surface area contributed by atoms with E-state index in [0.29, 0.717) is 5.15 Å². The Morgan fingerprint density at radius 1 is 1.55 bits per heavy atom. The molecule has 0 amide bonds. The molecule has 0 fully saturated rings. The van der Waals surface area contributed by atoms with Gasteiger partial charge in [-0.15, -0.1) is 5.10 Å². The Kier molecular flexibility index (Phi) is 3.27. The van der Waals surface area contributed by atoms with Gasteiger partial charge >= 0.3 is 0 Å². The fourth-order valence-corrected chi connectivity index (χ4v) is 1.20. The van der Waals surface area contributed by atoms with E-state index in [4.69, 9.17) is 11.6 Å². The maximum absolute atomic E-state index is 5.66. The van der Waals surface area contributed by atoms with Crippen LogP contribution >= 0.6 is 27.5 Å². The van der Waals surface area contributed by atoms with Crippen LogP contribution in [0.1, 0.15) is 19.0 Å². The Labute approximate surface area is 79.1 Å². The minimum Gasteiger partial charge on any atom is -0.154 e. The summed E-state index contributed by atoms with van der Waals surface area (Å²) in [7, 11) is 0. The topological polar surface area (TPSA) is 25.8 Å². The van der Waals surface area contributed by atoms with Gasteiger partial charge in [-0.05, 0) is 28.4 Å². The predicted molar refractivity (Wildman–Crippen MR) is 48.7 cm³/mol. The SMILES string of the molecule is CCCc1cc(Br)c(Cl)nn1. The minimum absolute atomic E-state index is 0.421. The second-order valence-electron chi connectivity index (χ2n) is 2.22. The zero-order chi connectivity index (χ0) is 8.27. The number of aromatic nitrogens is 2. The normalized spacial score (nSPS) is 10.1. The second-order valence-corrected chi connectivity index (χ2v) is 3.44. The van der Waals surface area contributed by atoms with Crippen molar-refractivity contribution >= 4 is 27.5 Å². The first-order valence-electron chi connectivity index (χ1n) is 3.41. The van der Waals surface area contributed by atoms with E-state index < -0.39 is 0 Å². The molecule has 0 N–H and O–H groups in total. The van der Waals surface area contributed by atoms with Gasteiger partial charge in [0, 0.05) is 0 Å². The third-order valence-corrected chi connectivity index (χ3v) is 2.37. The fourth-order valence-electron chi connectivity index (χ4n) is 0.769. The van der Waals surface area contributed by atoms with Gasteiger partial charge < -0.3 is 0 Å². The lowest BCUT2D eigenvalue weighted by Crippen LogP contribution is -1.92. The van der Waals surface area contributed by atoms with E-state index in [9.17, 15) is 0 Å². The number of hydrogen-bond acceptors (Lipinski definition) is 2. The van der Waals surface area contributed by atoms with E-state index >= 15 is 0 Å². The molecule has 0 saturated carbocycles. The lowest BCUT2D eigenvalue weighted by atomic mass is 10.2. The molecule has 2 nitrogen and oxygen atoms in total. The molecule has 0 unspecified atom stereocenters. The first-order valence-corrected chi connectivity index (χ1v) is 4.58. The van der Waals surface area contributed by atoms with E-state index in [-0.39, 0.29) is 0 Å². The Hall–Kier alpha value is -0.150. The highest BCUT2D eigenvalue weighted by Crippen LogP contribution is 2.19. The predicted octanol–water partition coefficient (Wildman–Crippen LogP) is 2.85. The standard InChI is InChI=1S/C7H8BrClN2/c1-2-3-5-4-6(8)7(9)11-10-5/h4H,2-3H2,1H3. The zero-order valence-corrected chi connectivity index (χ0v) is 8.48. The number of halogens is 2. The van der Waals surface area contributed by atoms with Gasteiger partial charge in [0.1, 0.15) is 0 Å². The van der Waals surface area contributed by atoms with E-state index in [1.807, 2.05) is 6.07 Å². The summed E-state index contributed by atoms with van der Waals surface area (Å²) in [6.45, 7) is 2.10. The van der Waals surface area contributed by atoms with Gasteiger partial charge in [-0.2, -0.15) is 5.10 Å². The molecule has 1 aromatic heterocycles. The Morgan fingerprint density at radius 2 is 2.27 bits per heavy atom. The van der Waals surface area contributed by atoms with E-state index in [0.717, 1.165) is 23.0 Å². The largest absolute Gasteiger partial charge is 0.165 e. The molecule has 60 valence electrons. The van der Waals surface area contributed by atoms with Crippen LogP contribution in [0.15, 0.2) is 10.5 Å². The molecule has 4 heteroatoms. The van der Waals surface area contributed by atoms with Gasteiger partial charge in [-0.25, -0.2) is 0 Å². The molecule has 0 spiro atoms. The number of hydrogen-bond donors (Lipinski definition) is 0. The molecular weight excluding hydrogens is 227 g/mol. The highest BCUT2D eigenvalue weighted by atomic mass is 79.9. The number of nitrogens with zero attached hydrogens (tertiary/aromatic N) is 2. The van der Waals surface area contributed by atoms with Gasteiger partial charge in [0.05, 0.1) is 10.2 Å². The molecule has 0 aliphatic carbocycles. The summed E-state index contributed by atoms with van der Waals surface area (Å²) in [6, 6.07) is 1.90. The molecule has 0 aliphatic heterocycles. The summed E-state index contributed by atoms with van der Waals surface area (Å²) in [5.74, 6) is 0. The lowest BCUT2D eigenvalue weighted by Gasteiger charge is -1.97. The monoisotopic (exact) mass is 234 g/mol. The van der Waals surface area contributed by atoms with Crippen molar-refractivity contribution < 1.29 is 0 Å². The molecule has 1 heterocycles. The third-order valence-electron chi connectivity index (χ3n) is 1.26. The summed E-state index contributed by atoms with van der Waals surface area (Å²) < 4.78 is 0.817. The van der Waals surface area contributed by atoms with Crippen LogP contribution in [0.2, 0.25) is 5.15 Å². The van der Waals surface area contributed by atoms with Crippen molar-refractivity contribution in [3.05, 3.63) is 21.4 Å². The second kappa shape index (κ2) is 4.02. The average Bonchev–Trinajstić information content (AvgIpc) is 1.98. The molecule has 0 atom stereocenters. The van der Waals surface area contributed by atoms with Crippen LogP contribution in [0, 0.1) is 0 Å². The van der Waals surface area contributed by atoms with Crippen LogP contribution in [0.4, 0.5) is 0 Å². The van der Waals surface area contributed by atoms with Gasteiger partial charge in [0.25, 0.3) is 0 Å². The molecule has 1 aromatic rings. The van der Waals surface area contributed by atoms with Crippen LogP contribution in [0.3, 0.4) is 0 Å². The van der Waals surface area contributed by atoms with E-state index in [1.54, 1.807) is 0 Å². The van der Waals surface area contributed by atoms with E-state index in [1.165, 1.54) is 0 Å². The van der Waals surface area contributed by atoms with Crippen molar-refractivity contribution in [1.29, 1.82) is 0 Å². The van der Waals surface area contributed by atoms with Crippen molar-refractivity contribution in [2.75, 3.05) is 0 Å². The smallest absolute Gasteiger partial charge is 0.154 e. The first kappa shape index (κ1) is 8.94. The number of rotatable bonds is 2. The Morgan fingerprint density at radius 3 is 2.82 bits per heavy atom. The van der Waals surface area contributed by atoms with Crippen molar-refractivity contribution in [2.45, 2.75) is 19.8 Å². The quantitative estimate of drug-likeness (QED) is 0.788. The van der Waals surface area contributed by atoms with Gasteiger partial charge in [-0.3, -0.25) is 0 Å². The van der Waals surface area contributed by atoms with Gasteiger partial charge in [-0.1, -0.05) is 24.9 Å². The lowest BCUT2D eigenvalue weighted by molar-refractivity contribution is 0.836. The average molecular weight is 236 g/mol. The van der Waals surface area contributed by atoms with Gasteiger partial charge in [0.2, 0.25) is 0 Å². The van der Waals surface area contributed by atoms with Crippen LogP contribution in [0.5, 0.6) is 0 Å². The molecule has 1 rings (SSSR count). The highest BCUT2D eigenvalue weighted by Gasteiger charge is 2.00. The summed E-state index contributed by atoms with van der Waals surface area (Å²) in [4.78, 5) is 0. The molecule has 0 aromatic carbocycles. The molecule has 0 radical (unpaired) electrons. The summed E-state index contributed by atoms with van der Waals surface area (Å²) in [6.07, 6.45) is 2.02. The fraction of sp³-hybridized carbons (Fsp3) is 0.429. The minimum atomic E-state index is 0.421. The maximum Gasteiger partial charge on any atom is 0.165 e. The Bertz CT molecular complexity index is 252. The summed E-state index contributed by atoms with van der Waals surface area (Å²) >= 11 is 8.94. The van der Waals surface area contributed by atoms with E-state index in [2.05, 4.69) is 33.1 Å². The third kappa shape index (κ3) is 2.42. The molecule has 0 aliphatic rings. The zero-order valence-electron chi connectivity index (χ0n) is 6.14. The van der Waals surface area contributed by atoms with Crippen LogP contribution in [-0.2, 0) is 6.42 Å². The Balaban J connectivity index is 2.86. The number of aryl methyl sites for hydroxylation is 1. The van der Waals surface area contributed by atoms with Gasteiger partial charge in [0.15, 0.2) is 5.15 Å². The first-order chi connectivity index (χ1) is 5.24. The molecule has 11 heavy (non-hydrogen) atoms. The van der Waals surface area contributed by atoms with Crippen LogP contribution in [-0.4, -0.2) is 10.2 Å². The van der Waals surface area contributed by atoms with Crippen LogP contribution in [0.25, 0.3) is 0 Å². The summed E-state index contributed by atoms with van der Waals surface area (Å²) in [5.41, 5.74) is 0.976. The molecule has 0 bridgehead atoms. The maximum atomic E-state index is 5.66. The molecule has 0 saturated heterocycles. The van der Waals surface area contributed by atoms with Crippen LogP contribution < -0.4 is 0 Å². The summed E-state index contributed by atoms with van der Waals surface area (Å²) in [5, 5.41) is 8.10. The highest BCUT2D eigenvalue weighted by molar-refractivity contribution is 9.10. The van der Waals surface area contributed by atoms with Crippen molar-refractivity contribution in [1.82, 2.24) is 10.2 Å². The van der Waals surface area contributed by atoms with Crippen molar-refractivity contribution in [2.24, 2.45) is 0 Å². The van der Waals surface area contributed by atoms with Crippen molar-refractivity contribution in [3.8, 4) is 0 Å².